The van der Waals surface area contributed by atoms with Crippen molar-refractivity contribution in [3.63, 3.8) is 0 Å². The molecule has 2 atom stereocenters. The number of aliphatic carboxylic acids is 1. The van der Waals surface area contributed by atoms with Gasteiger partial charge in [0.25, 0.3) is 0 Å². The van der Waals surface area contributed by atoms with Gasteiger partial charge in [0.05, 0.1) is 13.2 Å². The first-order valence-corrected chi connectivity index (χ1v) is 20.2. The summed E-state index contributed by atoms with van der Waals surface area (Å²) in [5.41, 5.74) is 0. The molecule has 0 aromatic heterocycles. The summed E-state index contributed by atoms with van der Waals surface area (Å²) in [4.78, 5) is 47.4. The van der Waals surface area contributed by atoms with Gasteiger partial charge < -0.3 is 25.6 Å². The molecule has 4 N–H and O–H groups in total. The number of carboxylic acid groups (broad SMARTS) is 1. The minimum atomic E-state index is -1.39. The maximum absolute atomic E-state index is 12.7. The summed E-state index contributed by atoms with van der Waals surface area (Å²) < 4.78 is 5.87. The highest BCUT2D eigenvalue weighted by atomic mass is 16.5. The van der Waals surface area contributed by atoms with Crippen molar-refractivity contribution in [1.29, 1.82) is 0 Å². The van der Waals surface area contributed by atoms with E-state index in [2.05, 4.69) is 42.7 Å². The van der Waals surface area contributed by atoms with Gasteiger partial charge >= 0.3 is 11.9 Å². The molecule has 0 rings (SSSR count). The van der Waals surface area contributed by atoms with Crippen molar-refractivity contribution < 1.29 is 34.1 Å². The van der Waals surface area contributed by atoms with Crippen molar-refractivity contribution >= 4 is 23.8 Å². The largest absolute Gasteiger partial charge is 0.480 e. The number of carbonyl (C=O) groups excluding carboxylic acids is 3. The molecule has 0 aliphatic rings. The van der Waals surface area contributed by atoms with Gasteiger partial charge in [-0.3, -0.25) is 14.4 Å². The SMILES string of the molecule is CCCCC/C=C\C/C=C\C(CCCCCCC(=O)NCC(=O)NC(CO)C(=O)O)OC(=O)CCCCCCCCCCCCCCCCC. The predicted molar refractivity (Wildman–Crippen MR) is 204 cm³/mol. The first-order chi connectivity index (χ1) is 24.3. The third-order valence-electron chi connectivity index (χ3n) is 8.94. The summed E-state index contributed by atoms with van der Waals surface area (Å²) in [5.74, 6) is -2.42. The highest BCUT2D eigenvalue weighted by Crippen LogP contribution is 2.16. The number of allylic oxidation sites excluding steroid dienone is 3. The molecule has 2 unspecified atom stereocenters. The summed E-state index contributed by atoms with van der Waals surface area (Å²) in [5, 5.41) is 22.5. The maximum Gasteiger partial charge on any atom is 0.328 e. The standard InChI is InChI=1S/C41H74N2O7/c1-3-5-7-9-11-13-14-15-16-17-18-19-21-23-29-33-40(47)50-36(30-26-22-20-12-10-8-6-4-2)31-27-24-25-28-32-38(45)42-34-39(46)43-37(35-44)41(48)49/h12,20,26,30,36-37,44H,3-11,13-19,21-25,27-29,31-35H2,1-2H3,(H,42,45)(H,43,46)(H,48,49)/b20-12-,30-26-. The average Bonchev–Trinajstić information content (AvgIpc) is 3.10. The molecule has 9 nitrogen and oxygen atoms in total. The highest BCUT2D eigenvalue weighted by Gasteiger charge is 2.18. The number of ether oxygens (including phenoxy) is 1. The van der Waals surface area contributed by atoms with Gasteiger partial charge in [-0.2, -0.15) is 0 Å². The van der Waals surface area contributed by atoms with Crippen molar-refractivity contribution in [2.24, 2.45) is 0 Å². The number of carbonyl (C=O) groups is 4. The van der Waals surface area contributed by atoms with Crippen LogP contribution in [0, 0.1) is 0 Å². The molecule has 0 aliphatic heterocycles. The Balaban J connectivity index is 4.28. The van der Waals surface area contributed by atoms with E-state index in [4.69, 9.17) is 14.9 Å². The molecule has 0 aliphatic carbocycles. The van der Waals surface area contributed by atoms with Gasteiger partial charge in [0.2, 0.25) is 11.8 Å². The van der Waals surface area contributed by atoms with Crippen molar-refractivity contribution in [3.05, 3.63) is 24.3 Å². The normalized spacial score (nSPS) is 12.7. The number of amides is 2. The van der Waals surface area contributed by atoms with Gasteiger partial charge in [0, 0.05) is 12.8 Å². The van der Waals surface area contributed by atoms with Crippen molar-refractivity contribution in [2.45, 2.75) is 199 Å². The Morgan fingerprint density at radius 2 is 1.14 bits per heavy atom. The van der Waals surface area contributed by atoms with E-state index in [0.29, 0.717) is 12.8 Å². The van der Waals surface area contributed by atoms with Crippen LogP contribution in [0.3, 0.4) is 0 Å². The molecule has 0 radical (unpaired) electrons. The van der Waals surface area contributed by atoms with E-state index in [1.165, 1.54) is 103 Å². The molecule has 0 heterocycles. The molecule has 290 valence electrons. The zero-order valence-corrected chi connectivity index (χ0v) is 31.9. The monoisotopic (exact) mass is 707 g/mol. The van der Waals surface area contributed by atoms with Gasteiger partial charge in [-0.25, -0.2) is 4.79 Å². The minimum absolute atomic E-state index is 0.126. The number of carboxylic acids is 1. The Morgan fingerprint density at radius 3 is 1.70 bits per heavy atom. The van der Waals surface area contributed by atoms with E-state index in [1.54, 1.807) is 0 Å². The zero-order chi connectivity index (χ0) is 36.9. The zero-order valence-electron chi connectivity index (χ0n) is 31.9. The molecule has 0 saturated carbocycles. The highest BCUT2D eigenvalue weighted by molar-refractivity contribution is 5.87. The van der Waals surface area contributed by atoms with Crippen molar-refractivity contribution in [2.75, 3.05) is 13.2 Å². The minimum Gasteiger partial charge on any atom is -0.480 e. The summed E-state index contributed by atoms with van der Waals surface area (Å²) in [6, 6.07) is -1.39. The van der Waals surface area contributed by atoms with E-state index < -0.39 is 24.5 Å². The molecule has 0 bridgehead atoms. The van der Waals surface area contributed by atoms with Crippen LogP contribution in [0.25, 0.3) is 0 Å². The molecule has 50 heavy (non-hydrogen) atoms. The second-order valence-corrected chi connectivity index (χ2v) is 13.7. The van der Waals surface area contributed by atoms with Crippen LogP contribution >= 0.6 is 0 Å². The lowest BCUT2D eigenvalue weighted by atomic mass is 10.0. The Hall–Kier alpha value is -2.68. The van der Waals surface area contributed by atoms with Crippen molar-refractivity contribution in [3.8, 4) is 0 Å². The number of hydrogen-bond acceptors (Lipinski definition) is 6. The second kappa shape index (κ2) is 36.1. The lowest BCUT2D eigenvalue weighted by Gasteiger charge is -2.15. The van der Waals surface area contributed by atoms with Crippen LogP contribution in [0.5, 0.6) is 0 Å². The van der Waals surface area contributed by atoms with Gasteiger partial charge in [0.1, 0.15) is 12.1 Å². The fourth-order valence-electron chi connectivity index (χ4n) is 5.78. The molecule has 0 aromatic rings. The summed E-state index contributed by atoms with van der Waals surface area (Å²) in [6.45, 7) is 3.41. The Bertz CT molecular complexity index is 905. The molecule has 0 fully saturated rings. The summed E-state index contributed by atoms with van der Waals surface area (Å²) in [6.07, 6.45) is 38.0. The number of rotatable bonds is 36. The van der Waals surface area contributed by atoms with Crippen LogP contribution in [0.2, 0.25) is 0 Å². The second-order valence-electron chi connectivity index (χ2n) is 13.7. The van der Waals surface area contributed by atoms with Gasteiger partial charge in [-0.05, 0) is 51.0 Å². The number of hydrogen-bond donors (Lipinski definition) is 4. The summed E-state index contributed by atoms with van der Waals surface area (Å²) in [7, 11) is 0. The van der Waals surface area contributed by atoms with E-state index >= 15 is 0 Å². The Morgan fingerprint density at radius 1 is 0.620 bits per heavy atom. The number of aliphatic hydroxyl groups excluding tert-OH is 1. The molecule has 9 heteroatoms. The molecular weight excluding hydrogens is 632 g/mol. The smallest absolute Gasteiger partial charge is 0.328 e. The van der Waals surface area contributed by atoms with Crippen LogP contribution in [0.15, 0.2) is 24.3 Å². The number of aliphatic hydroxyl groups is 1. The number of esters is 1. The van der Waals surface area contributed by atoms with E-state index in [0.717, 1.165) is 51.4 Å². The predicted octanol–water partition coefficient (Wildman–Crippen LogP) is 9.26. The first kappa shape index (κ1) is 47.3. The van der Waals surface area contributed by atoms with Crippen LogP contribution in [-0.2, 0) is 23.9 Å². The van der Waals surface area contributed by atoms with Crippen LogP contribution in [0.4, 0.5) is 0 Å². The molecule has 0 aromatic carbocycles. The lowest BCUT2D eigenvalue weighted by Crippen LogP contribution is -2.47. The molecule has 2 amide bonds. The number of unbranched alkanes of at least 4 members (excludes halogenated alkanes) is 20. The van der Waals surface area contributed by atoms with Crippen molar-refractivity contribution in [1.82, 2.24) is 10.6 Å². The van der Waals surface area contributed by atoms with Crippen LogP contribution in [0.1, 0.15) is 187 Å². The van der Waals surface area contributed by atoms with Gasteiger partial charge in [0.15, 0.2) is 0 Å². The average molecular weight is 707 g/mol. The van der Waals surface area contributed by atoms with E-state index in [1.807, 2.05) is 6.08 Å². The summed E-state index contributed by atoms with van der Waals surface area (Å²) >= 11 is 0. The topological polar surface area (TPSA) is 142 Å². The fraction of sp³-hybridized carbons (Fsp3) is 0.805. The van der Waals surface area contributed by atoms with E-state index in [-0.39, 0.29) is 30.9 Å². The van der Waals surface area contributed by atoms with E-state index in [9.17, 15) is 19.2 Å². The van der Waals surface area contributed by atoms with Crippen LogP contribution in [-0.4, -0.2) is 59.3 Å². The first-order valence-electron chi connectivity index (χ1n) is 20.2. The van der Waals surface area contributed by atoms with Gasteiger partial charge in [-0.1, -0.05) is 148 Å². The quantitative estimate of drug-likeness (QED) is 0.0289. The maximum atomic E-state index is 12.7. The van der Waals surface area contributed by atoms with Crippen LogP contribution < -0.4 is 10.6 Å². The number of nitrogens with one attached hydrogen (secondary N) is 2. The lowest BCUT2D eigenvalue weighted by molar-refractivity contribution is -0.147. The Labute approximate surface area is 304 Å². The third kappa shape index (κ3) is 32.5. The Kier molecular flexibility index (Phi) is 34.2. The van der Waals surface area contributed by atoms with Gasteiger partial charge in [-0.15, -0.1) is 0 Å². The molecule has 0 saturated heterocycles. The third-order valence-corrected chi connectivity index (χ3v) is 8.94. The molecular formula is C41H74N2O7. The molecule has 0 spiro atoms. The fourth-order valence-corrected chi connectivity index (χ4v) is 5.78.